The van der Waals surface area contributed by atoms with Gasteiger partial charge in [0.2, 0.25) is 0 Å². The number of benzene rings is 1. The minimum atomic E-state index is 0.400. The Hall–Kier alpha value is -1.08. The highest BCUT2D eigenvalue weighted by Gasteiger charge is 2.35. The molecule has 0 N–H and O–H groups in total. The Kier molecular flexibility index (Phi) is 1.74. The molecule has 72 valence electrons. The zero-order valence-corrected chi connectivity index (χ0v) is 8.20. The first-order valence-electron chi connectivity index (χ1n) is 5.20. The lowest BCUT2D eigenvalue weighted by Crippen LogP contribution is -2.27. The lowest BCUT2D eigenvalue weighted by atomic mass is 9.80. The van der Waals surface area contributed by atoms with Crippen LogP contribution in [-0.2, 0) is 17.6 Å². The van der Waals surface area contributed by atoms with Crippen LogP contribution in [0.5, 0.6) is 0 Å². The molecular weight excluding hydrogens is 172 g/mol. The normalized spacial score (nSPS) is 29.9. The second kappa shape index (κ2) is 2.96. The molecule has 0 saturated carbocycles. The third kappa shape index (κ3) is 1.12. The van der Waals surface area contributed by atoms with Crippen LogP contribution in [0.4, 0.5) is 0 Å². The van der Waals surface area contributed by atoms with Crippen LogP contribution in [-0.4, -0.2) is 12.7 Å². The van der Waals surface area contributed by atoms with Gasteiger partial charge in [-0.3, -0.25) is 0 Å². The summed E-state index contributed by atoms with van der Waals surface area (Å²) >= 11 is 0. The summed E-state index contributed by atoms with van der Waals surface area (Å²) in [5.74, 6) is 0.574. The Morgan fingerprint density at radius 1 is 1.14 bits per heavy atom. The fraction of sp³-hybridized carbons (Fsp3) is 0.385. The van der Waals surface area contributed by atoms with Crippen molar-refractivity contribution in [2.75, 3.05) is 6.61 Å². The first-order valence-corrected chi connectivity index (χ1v) is 5.20. The van der Waals surface area contributed by atoms with E-state index in [0.717, 1.165) is 19.4 Å². The molecule has 14 heavy (non-hydrogen) atoms. The Balaban J connectivity index is 1.99. The van der Waals surface area contributed by atoms with E-state index in [1.165, 1.54) is 16.7 Å². The largest absolute Gasteiger partial charge is 0.373 e. The molecule has 2 aliphatic rings. The molecule has 1 heterocycles. The Bertz CT molecular complexity index is 381. The van der Waals surface area contributed by atoms with Crippen LogP contribution in [0.1, 0.15) is 11.1 Å². The summed E-state index contributed by atoms with van der Waals surface area (Å²) in [6, 6.07) is 8.69. The van der Waals surface area contributed by atoms with E-state index in [2.05, 4.69) is 30.8 Å². The lowest BCUT2D eigenvalue weighted by molar-refractivity contribution is 0.0864. The molecule has 3 rings (SSSR count). The van der Waals surface area contributed by atoms with Crippen molar-refractivity contribution < 1.29 is 4.74 Å². The zero-order valence-electron chi connectivity index (χ0n) is 8.20. The molecule has 2 atom stereocenters. The van der Waals surface area contributed by atoms with E-state index in [0.29, 0.717) is 12.0 Å². The first kappa shape index (κ1) is 8.25. The summed E-state index contributed by atoms with van der Waals surface area (Å²) in [6.07, 6.45) is 2.59. The molecule has 0 radical (unpaired) electrons. The summed E-state index contributed by atoms with van der Waals surface area (Å²) in [6.45, 7) is 4.85. The number of hydrogen-bond acceptors (Lipinski definition) is 1. The van der Waals surface area contributed by atoms with Gasteiger partial charge in [0.05, 0.1) is 12.7 Å². The molecule has 1 aliphatic heterocycles. The molecule has 1 fully saturated rings. The standard InChI is InChI=1S/C13H14O/c1-9-8-14-13-7-11-5-3-2-4-10(11)6-12(9)13/h2-5,12-13H,1,6-8H2. The van der Waals surface area contributed by atoms with Crippen molar-refractivity contribution in [2.45, 2.75) is 18.9 Å². The van der Waals surface area contributed by atoms with Crippen LogP contribution in [0.2, 0.25) is 0 Å². The van der Waals surface area contributed by atoms with Crippen molar-refractivity contribution in [2.24, 2.45) is 5.92 Å². The van der Waals surface area contributed by atoms with E-state index in [9.17, 15) is 0 Å². The maximum atomic E-state index is 5.73. The van der Waals surface area contributed by atoms with E-state index in [1.807, 2.05) is 0 Å². The fourth-order valence-corrected chi connectivity index (χ4v) is 2.59. The highest BCUT2D eigenvalue weighted by molar-refractivity contribution is 5.34. The second-order valence-corrected chi connectivity index (χ2v) is 4.29. The summed E-state index contributed by atoms with van der Waals surface area (Å²) in [5, 5.41) is 0. The Morgan fingerprint density at radius 3 is 2.64 bits per heavy atom. The minimum Gasteiger partial charge on any atom is -0.373 e. The molecule has 0 aromatic heterocycles. The van der Waals surface area contributed by atoms with E-state index in [-0.39, 0.29) is 0 Å². The molecule has 2 unspecified atom stereocenters. The van der Waals surface area contributed by atoms with Crippen molar-refractivity contribution in [3.05, 3.63) is 47.5 Å². The molecular formula is C13H14O. The van der Waals surface area contributed by atoms with Crippen LogP contribution >= 0.6 is 0 Å². The molecule has 0 amide bonds. The van der Waals surface area contributed by atoms with Crippen LogP contribution in [0, 0.1) is 5.92 Å². The van der Waals surface area contributed by atoms with Crippen molar-refractivity contribution in [3.63, 3.8) is 0 Å². The van der Waals surface area contributed by atoms with Crippen LogP contribution < -0.4 is 0 Å². The molecule has 1 nitrogen and oxygen atoms in total. The van der Waals surface area contributed by atoms with E-state index in [4.69, 9.17) is 4.74 Å². The molecule has 1 saturated heterocycles. The fourth-order valence-electron chi connectivity index (χ4n) is 2.59. The van der Waals surface area contributed by atoms with E-state index >= 15 is 0 Å². The van der Waals surface area contributed by atoms with E-state index in [1.54, 1.807) is 0 Å². The van der Waals surface area contributed by atoms with Crippen LogP contribution in [0.15, 0.2) is 36.4 Å². The molecule has 1 aromatic carbocycles. The second-order valence-electron chi connectivity index (χ2n) is 4.29. The quantitative estimate of drug-likeness (QED) is 0.565. The molecule has 0 bridgehead atoms. The van der Waals surface area contributed by atoms with Gasteiger partial charge in [0.1, 0.15) is 0 Å². The van der Waals surface area contributed by atoms with Gasteiger partial charge < -0.3 is 4.74 Å². The summed E-state index contributed by atoms with van der Waals surface area (Å²) in [4.78, 5) is 0. The van der Waals surface area contributed by atoms with Gasteiger partial charge in [-0.05, 0) is 29.5 Å². The van der Waals surface area contributed by atoms with Gasteiger partial charge in [0.15, 0.2) is 0 Å². The maximum Gasteiger partial charge on any atom is 0.0689 e. The molecule has 1 aromatic rings. The van der Waals surface area contributed by atoms with Crippen LogP contribution in [0.25, 0.3) is 0 Å². The average molecular weight is 186 g/mol. The maximum absolute atomic E-state index is 5.73. The highest BCUT2D eigenvalue weighted by atomic mass is 16.5. The van der Waals surface area contributed by atoms with Crippen molar-refractivity contribution in [1.29, 1.82) is 0 Å². The molecule has 1 aliphatic carbocycles. The summed E-state index contributed by atoms with van der Waals surface area (Å²) in [5.41, 5.74) is 4.23. The number of rotatable bonds is 0. The smallest absolute Gasteiger partial charge is 0.0689 e. The first-order chi connectivity index (χ1) is 6.84. The minimum absolute atomic E-state index is 0.400. The summed E-state index contributed by atoms with van der Waals surface area (Å²) in [7, 11) is 0. The van der Waals surface area contributed by atoms with Crippen LogP contribution in [0.3, 0.4) is 0 Å². The van der Waals surface area contributed by atoms with Crippen molar-refractivity contribution in [1.82, 2.24) is 0 Å². The third-order valence-corrected chi connectivity index (χ3v) is 3.44. The van der Waals surface area contributed by atoms with Crippen molar-refractivity contribution >= 4 is 0 Å². The van der Waals surface area contributed by atoms with Gasteiger partial charge in [-0.2, -0.15) is 0 Å². The van der Waals surface area contributed by atoms with Gasteiger partial charge in [-0.1, -0.05) is 30.8 Å². The Labute approximate surface area is 84.4 Å². The predicted octanol–water partition coefficient (Wildman–Crippen LogP) is 2.36. The lowest BCUT2D eigenvalue weighted by Gasteiger charge is -2.26. The monoisotopic (exact) mass is 186 g/mol. The van der Waals surface area contributed by atoms with E-state index < -0.39 is 0 Å². The van der Waals surface area contributed by atoms with Gasteiger partial charge in [-0.25, -0.2) is 0 Å². The number of hydrogen-bond donors (Lipinski definition) is 0. The number of ether oxygens (including phenoxy) is 1. The van der Waals surface area contributed by atoms with Gasteiger partial charge in [0, 0.05) is 5.92 Å². The molecule has 0 spiro atoms. The van der Waals surface area contributed by atoms with Gasteiger partial charge in [0.25, 0.3) is 0 Å². The third-order valence-electron chi connectivity index (χ3n) is 3.44. The topological polar surface area (TPSA) is 9.23 Å². The zero-order chi connectivity index (χ0) is 9.54. The molecule has 1 heteroatoms. The van der Waals surface area contributed by atoms with Gasteiger partial charge in [-0.15, -0.1) is 0 Å². The van der Waals surface area contributed by atoms with Gasteiger partial charge >= 0.3 is 0 Å². The highest BCUT2D eigenvalue weighted by Crippen LogP contribution is 2.36. The van der Waals surface area contributed by atoms with Crippen molar-refractivity contribution in [3.8, 4) is 0 Å². The Morgan fingerprint density at radius 2 is 1.86 bits per heavy atom. The average Bonchev–Trinajstić information content (AvgIpc) is 2.57. The predicted molar refractivity (Wildman–Crippen MR) is 56.2 cm³/mol. The SMILES string of the molecule is C=C1COC2Cc3ccccc3CC12. The summed E-state index contributed by atoms with van der Waals surface area (Å²) < 4.78 is 5.73. The number of fused-ring (bicyclic) bond motifs is 2.